The van der Waals surface area contributed by atoms with Crippen LogP contribution in [0.3, 0.4) is 0 Å². The molecule has 2 atom stereocenters. The molecule has 2 unspecified atom stereocenters. The van der Waals surface area contributed by atoms with E-state index < -0.39 is 6.10 Å². The quantitative estimate of drug-likeness (QED) is 0.702. The van der Waals surface area contributed by atoms with Crippen molar-refractivity contribution in [3.63, 3.8) is 0 Å². The topological polar surface area (TPSA) is 49.8 Å². The fourth-order valence-electron chi connectivity index (χ4n) is 1.83. The van der Waals surface area contributed by atoms with Gasteiger partial charge in [0.05, 0.1) is 19.1 Å². The maximum absolute atomic E-state index is 11.2. The molecule has 0 aromatic rings. The van der Waals surface area contributed by atoms with Crippen LogP contribution in [-0.4, -0.2) is 59.8 Å². The van der Waals surface area contributed by atoms with Crippen molar-refractivity contribution < 1.29 is 14.6 Å². The number of hydrogen-bond acceptors (Lipinski definition) is 5. The average molecular weight is 247 g/mol. The molecule has 1 saturated heterocycles. The Morgan fingerprint density at radius 1 is 1.69 bits per heavy atom. The molecule has 94 valence electrons. The van der Waals surface area contributed by atoms with Crippen LogP contribution in [0.1, 0.15) is 19.8 Å². The van der Waals surface area contributed by atoms with Gasteiger partial charge in [-0.2, -0.15) is 11.8 Å². The molecular weight excluding hydrogens is 226 g/mol. The third-order valence-electron chi connectivity index (χ3n) is 2.74. The van der Waals surface area contributed by atoms with E-state index in [1.54, 1.807) is 6.92 Å². The third kappa shape index (κ3) is 4.72. The minimum absolute atomic E-state index is 0.0953. The summed E-state index contributed by atoms with van der Waals surface area (Å²) in [7, 11) is 2.00. The van der Waals surface area contributed by atoms with E-state index in [0.29, 0.717) is 19.2 Å². The second kappa shape index (κ2) is 7.14. The summed E-state index contributed by atoms with van der Waals surface area (Å²) in [5, 5.41) is 9.73. The number of aliphatic hydroxyl groups is 1. The molecule has 0 aromatic heterocycles. The summed E-state index contributed by atoms with van der Waals surface area (Å²) in [5.74, 6) is 2.01. The van der Waals surface area contributed by atoms with Gasteiger partial charge in [-0.15, -0.1) is 0 Å². The predicted octanol–water partition coefficient (Wildman–Crippen LogP) is 0.738. The van der Waals surface area contributed by atoms with Gasteiger partial charge in [0, 0.05) is 18.3 Å². The summed E-state index contributed by atoms with van der Waals surface area (Å²) in [6.45, 7) is 2.69. The van der Waals surface area contributed by atoms with Gasteiger partial charge in [-0.05, 0) is 26.1 Å². The molecule has 1 fully saturated rings. The van der Waals surface area contributed by atoms with E-state index in [-0.39, 0.29) is 12.4 Å². The first-order valence-corrected chi connectivity index (χ1v) is 6.90. The first kappa shape index (κ1) is 13.8. The highest BCUT2D eigenvalue weighted by Crippen LogP contribution is 2.21. The first-order chi connectivity index (χ1) is 7.63. The Morgan fingerprint density at radius 3 is 3.00 bits per heavy atom. The zero-order valence-corrected chi connectivity index (χ0v) is 10.8. The molecule has 1 N–H and O–H groups in total. The molecule has 0 amide bonds. The van der Waals surface area contributed by atoms with Crippen LogP contribution in [0.4, 0.5) is 0 Å². The Balaban J connectivity index is 2.21. The standard InChI is InChI=1S/C11H21NO3S/c1-3-15-11(14)6-10(13)7-12(2)9-4-5-16-8-9/h9-10,13H,3-8H2,1-2H3. The van der Waals surface area contributed by atoms with E-state index in [1.807, 2.05) is 18.8 Å². The number of carbonyl (C=O) groups is 1. The number of nitrogens with zero attached hydrogens (tertiary/aromatic N) is 1. The van der Waals surface area contributed by atoms with Gasteiger partial charge < -0.3 is 9.84 Å². The Hall–Kier alpha value is -0.260. The first-order valence-electron chi connectivity index (χ1n) is 5.75. The highest BCUT2D eigenvalue weighted by molar-refractivity contribution is 7.99. The van der Waals surface area contributed by atoms with Gasteiger partial charge in [0.25, 0.3) is 0 Å². The molecular formula is C11H21NO3S. The SMILES string of the molecule is CCOC(=O)CC(O)CN(C)C1CCSC1. The van der Waals surface area contributed by atoms with Crippen molar-refractivity contribution in [2.75, 3.05) is 31.7 Å². The molecule has 5 heteroatoms. The largest absolute Gasteiger partial charge is 0.466 e. The van der Waals surface area contributed by atoms with Crippen molar-refractivity contribution in [2.24, 2.45) is 0 Å². The van der Waals surface area contributed by atoms with Crippen LogP contribution in [0.15, 0.2) is 0 Å². The molecule has 1 aliphatic heterocycles. The lowest BCUT2D eigenvalue weighted by Crippen LogP contribution is -2.38. The van der Waals surface area contributed by atoms with Crippen molar-refractivity contribution in [2.45, 2.75) is 31.9 Å². The minimum atomic E-state index is -0.616. The molecule has 0 aromatic carbocycles. The highest BCUT2D eigenvalue weighted by Gasteiger charge is 2.22. The summed E-state index contributed by atoms with van der Waals surface area (Å²) >= 11 is 1.94. The fraction of sp³-hybridized carbons (Fsp3) is 0.909. The molecule has 4 nitrogen and oxygen atoms in total. The number of ether oxygens (including phenoxy) is 1. The van der Waals surface area contributed by atoms with Crippen LogP contribution in [0.25, 0.3) is 0 Å². The Kier molecular flexibility index (Phi) is 6.16. The lowest BCUT2D eigenvalue weighted by Gasteiger charge is -2.25. The number of hydrogen-bond donors (Lipinski definition) is 1. The van der Waals surface area contributed by atoms with Gasteiger partial charge in [-0.25, -0.2) is 0 Å². The zero-order valence-electron chi connectivity index (χ0n) is 10.0. The summed E-state index contributed by atoms with van der Waals surface area (Å²) in [6, 6.07) is 0.543. The molecule has 16 heavy (non-hydrogen) atoms. The van der Waals surface area contributed by atoms with Crippen molar-refractivity contribution >= 4 is 17.7 Å². The Bertz CT molecular complexity index is 219. The molecule has 0 spiro atoms. The van der Waals surface area contributed by atoms with E-state index in [2.05, 4.69) is 4.90 Å². The van der Waals surface area contributed by atoms with E-state index >= 15 is 0 Å². The number of carbonyl (C=O) groups excluding carboxylic acids is 1. The van der Waals surface area contributed by atoms with Crippen molar-refractivity contribution in [3.8, 4) is 0 Å². The lowest BCUT2D eigenvalue weighted by atomic mass is 10.2. The van der Waals surface area contributed by atoms with Gasteiger partial charge in [0.15, 0.2) is 0 Å². The highest BCUT2D eigenvalue weighted by atomic mass is 32.2. The van der Waals surface area contributed by atoms with Gasteiger partial charge in [0.2, 0.25) is 0 Å². The Morgan fingerprint density at radius 2 is 2.44 bits per heavy atom. The normalized spacial score (nSPS) is 22.4. The van der Waals surface area contributed by atoms with E-state index in [4.69, 9.17) is 4.74 Å². The number of rotatable bonds is 6. The van der Waals surface area contributed by atoms with Crippen molar-refractivity contribution in [3.05, 3.63) is 0 Å². The third-order valence-corrected chi connectivity index (χ3v) is 3.88. The minimum Gasteiger partial charge on any atom is -0.466 e. The summed E-state index contributed by atoms with van der Waals surface area (Å²) < 4.78 is 4.80. The lowest BCUT2D eigenvalue weighted by molar-refractivity contribution is -0.145. The summed E-state index contributed by atoms with van der Waals surface area (Å²) in [5.41, 5.74) is 0. The molecule has 0 saturated carbocycles. The van der Waals surface area contributed by atoms with Crippen LogP contribution in [0.5, 0.6) is 0 Å². The molecule has 0 bridgehead atoms. The predicted molar refractivity (Wildman–Crippen MR) is 65.6 cm³/mol. The zero-order chi connectivity index (χ0) is 12.0. The molecule has 1 heterocycles. The fourth-order valence-corrected chi connectivity index (χ4v) is 3.13. The molecule has 1 aliphatic rings. The van der Waals surface area contributed by atoms with E-state index in [0.717, 1.165) is 5.75 Å². The Labute approximate surface area is 101 Å². The molecule has 0 aliphatic carbocycles. The van der Waals surface area contributed by atoms with Crippen LogP contribution in [0.2, 0.25) is 0 Å². The summed E-state index contributed by atoms with van der Waals surface area (Å²) in [6.07, 6.45) is 0.653. The number of thioether (sulfide) groups is 1. The smallest absolute Gasteiger partial charge is 0.308 e. The van der Waals surface area contributed by atoms with Crippen molar-refractivity contribution in [1.29, 1.82) is 0 Å². The van der Waals surface area contributed by atoms with Gasteiger partial charge in [0.1, 0.15) is 0 Å². The number of likely N-dealkylation sites (N-methyl/N-ethyl adjacent to an activating group) is 1. The summed E-state index contributed by atoms with van der Waals surface area (Å²) in [4.78, 5) is 13.3. The van der Waals surface area contributed by atoms with Gasteiger partial charge in [-0.3, -0.25) is 9.69 Å². The van der Waals surface area contributed by atoms with Crippen molar-refractivity contribution in [1.82, 2.24) is 4.90 Å². The van der Waals surface area contributed by atoms with Crippen LogP contribution < -0.4 is 0 Å². The van der Waals surface area contributed by atoms with Crippen LogP contribution in [0, 0.1) is 0 Å². The van der Waals surface area contributed by atoms with Gasteiger partial charge in [-0.1, -0.05) is 0 Å². The van der Waals surface area contributed by atoms with E-state index in [1.165, 1.54) is 12.2 Å². The molecule has 0 radical (unpaired) electrons. The second-order valence-electron chi connectivity index (χ2n) is 4.12. The monoisotopic (exact) mass is 247 g/mol. The molecule has 1 rings (SSSR count). The maximum Gasteiger partial charge on any atom is 0.308 e. The van der Waals surface area contributed by atoms with Crippen LogP contribution >= 0.6 is 11.8 Å². The number of aliphatic hydroxyl groups excluding tert-OH is 1. The van der Waals surface area contributed by atoms with E-state index in [9.17, 15) is 9.90 Å². The average Bonchev–Trinajstić information content (AvgIpc) is 2.69. The second-order valence-corrected chi connectivity index (χ2v) is 5.27. The maximum atomic E-state index is 11.2. The number of esters is 1. The van der Waals surface area contributed by atoms with Gasteiger partial charge >= 0.3 is 5.97 Å². The van der Waals surface area contributed by atoms with Crippen LogP contribution in [-0.2, 0) is 9.53 Å².